The first-order chi connectivity index (χ1) is 13.0. The number of esters is 1. The summed E-state index contributed by atoms with van der Waals surface area (Å²) in [5, 5.41) is 0. The highest BCUT2D eigenvalue weighted by Gasteiger charge is 2.30. The molecule has 0 unspecified atom stereocenters. The zero-order valence-corrected chi connectivity index (χ0v) is 15.7. The summed E-state index contributed by atoms with van der Waals surface area (Å²) in [5.41, 5.74) is 2.76. The number of rotatable bonds is 6. The van der Waals surface area contributed by atoms with Crippen LogP contribution in [0.2, 0.25) is 0 Å². The fourth-order valence-electron chi connectivity index (χ4n) is 3.37. The van der Waals surface area contributed by atoms with E-state index in [1.807, 2.05) is 31.2 Å². The van der Waals surface area contributed by atoms with Crippen molar-refractivity contribution in [3.05, 3.63) is 53.6 Å². The second-order valence-electron chi connectivity index (χ2n) is 6.47. The second kappa shape index (κ2) is 8.12. The molecule has 0 aliphatic carbocycles. The summed E-state index contributed by atoms with van der Waals surface area (Å²) in [6, 6.07) is 13.1. The van der Waals surface area contributed by atoms with Crippen LogP contribution >= 0.6 is 0 Å². The predicted molar refractivity (Wildman–Crippen MR) is 101 cm³/mol. The van der Waals surface area contributed by atoms with Gasteiger partial charge in [-0.25, -0.2) is 0 Å². The lowest BCUT2D eigenvalue weighted by atomic mass is 10.1. The van der Waals surface area contributed by atoms with Gasteiger partial charge in [0.05, 0.1) is 20.6 Å². The molecule has 0 spiro atoms. The summed E-state index contributed by atoms with van der Waals surface area (Å²) < 4.78 is 15.6. The Balaban J connectivity index is 1.59. The molecule has 0 N–H and O–H groups in total. The number of para-hydroxylation sites is 1. The van der Waals surface area contributed by atoms with E-state index < -0.39 is 5.97 Å². The van der Waals surface area contributed by atoms with Gasteiger partial charge in [-0.2, -0.15) is 0 Å². The van der Waals surface area contributed by atoms with E-state index in [0.29, 0.717) is 11.5 Å². The SMILES string of the molecule is COc1ccc(CC(=O)OCC(=O)N2c3ccccc3C[C@@H]2C)cc1OC. The number of benzene rings is 2. The van der Waals surface area contributed by atoms with Crippen LogP contribution in [-0.2, 0) is 27.2 Å². The molecule has 1 amide bonds. The number of amides is 1. The fourth-order valence-corrected chi connectivity index (χ4v) is 3.37. The van der Waals surface area contributed by atoms with Gasteiger partial charge in [-0.15, -0.1) is 0 Å². The van der Waals surface area contributed by atoms with E-state index in [4.69, 9.17) is 14.2 Å². The third kappa shape index (κ3) is 4.05. The van der Waals surface area contributed by atoms with Gasteiger partial charge in [-0.3, -0.25) is 9.59 Å². The molecule has 27 heavy (non-hydrogen) atoms. The number of anilines is 1. The molecule has 3 rings (SSSR count). The van der Waals surface area contributed by atoms with Gasteiger partial charge in [0, 0.05) is 11.7 Å². The Bertz CT molecular complexity index is 848. The molecule has 0 aromatic heterocycles. The van der Waals surface area contributed by atoms with Crippen molar-refractivity contribution in [3.8, 4) is 11.5 Å². The van der Waals surface area contributed by atoms with Gasteiger partial charge in [-0.1, -0.05) is 24.3 Å². The Labute approximate surface area is 158 Å². The average molecular weight is 369 g/mol. The van der Waals surface area contributed by atoms with Crippen molar-refractivity contribution < 1.29 is 23.8 Å². The largest absolute Gasteiger partial charge is 0.493 e. The van der Waals surface area contributed by atoms with Gasteiger partial charge < -0.3 is 19.1 Å². The van der Waals surface area contributed by atoms with E-state index in [0.717, 1.165) is 23.2 Å². The summed E-state index contributed by atoms with van der Waals surface area (Å²) >= 11 is 0. The first kappa shape index (κ1) is 18.8. The Kier molecular flexibility index (Phi) is 5.64. The lowest BCUT2D eigenvalue weighted by Crippen LogP contribution is -2.38. The highest BCUT2D eigenvalue weighted by molar-refractivity contribution is 5.97. The lowest BCUT2D eigenvalue weighted by molar-refractivity contribution is -0.147. The summed E-state index contributed by atoms with van der Waals surface area (Å²) in [7, 11) is 3.09. The fraction of sp³-hybridized carbons (Fsp3) is 0.333. The number of methoxy groups -OCH3 is 2. The molecule has 6 heteroatoms. The molecular formula is C21H23NO5. The Morgan fingerprint density at radius 3 is 2.56 bits per heavy atom. The van der Waals surface area contributed by atoms with Crippen LogP contribution in [0.3, 0.4) is 0 Å². The van der Waals surface area contributed by atoms with Gasteiger partial charge in [0.15, 0.2) is 18.1 Å². The molecule has 2 aromatic carbocycles. The van der Waals surface area contributed by atoms with E-state index in [1.54, 1.807) is 30.2 Å². The highest BCUT2D eigenvalue weighted by atomic mass is 16.5. The number of hydrogen-bond acceptors (Lipinski definition) is 5. The summed E-state index contributed by atoms with van der Waals surface area (Å²) in [6.45, 7) is 1.72. The highest BCUT2D eigenvalue weighted by Crippen LogP contribution is 2.32. The molecule has 0 saturated carbocycles. The quantitative estimate of drug-likeness (QED) is 0.733. The maximum Gasteiger partial charge on any atom is 0.310 e. The van der Waals surface area contributed by atoms with E-state index in [2.05, 4.69) is 0 Å². The topological polar surface area (TPSA) is 65.1 Å². The Morgan fingerprint density at radius 2 is 1.81 bits per heavy atom. The zero-order valence-electron chi connectivity index (χ0n) is 15.7. The van der Waals surface area contributed by atoms with Gasteiger partial charge >= 0.3 is 5.97 Å². The molecule has 0 saturated heterocycles. The standard InChI is InChI=1S/C21H23NO5/c1-14-10-16-6-4-5-7-17(16)22(14)20(23)13-27-21(24)12-15-8-9-18(25-2)19(11-15)26-3/h4-9,11,14H,10,12-13H2,1-3H3/t14-/m0/s1. The van der Waals surface area contributed by atoms with Crippen LogP contribution in [0.4, 0.5) is 5.69 Å². The minimum absolute atomic E-state index is 0.0550. The molecule has 1 atom stereocenters. The van der Waals surface area contributed by atoms with Crippen molar-refractivity contribution in [1.29, 1.82) is 0 Å². The molecule has 1 aliphatic rings. The van der Waals surface area contributed by atoms with Crippen LogP contribution in [0.5, 0.6) is 11.5 Å². The molecule has 6 nitrogen and oxygen atoms in total. The van der Waals surface area contributed by atoms with Crippen LogP contribution in [0, 0.1) is 0 Å². The molecule has 1 aliphatic heterocycles. The zero-order chi connectivity index (χ0) is 19.4. The smallest absolute Gasteiger partial charge is 0.310 e. The summed E-state index contributed by atoms with van der Waals surface area (Å²) in [4.78, 5) is 26.4. The Hall–Kier alpha value is -3.02. The van der Waals surface area contributed by atoms with E-state index in [9.17, 15) is 9.59 Å². The number of nitrogens with zero attached hydrogens (tertiary/aromatic N) is 1. The molecule has 0 fully saturated rings. The maximum atomic E-state index is 12.6. The number of carbonyl (C=O) groups is 2. The third-order valence-corrected chi connectivity index (χ3v) is 4.63. The molecule has 0 bridgehead atoms. The van der Waals surface area contributed by atoms with Crippen LogP contribution in [0.15, 0.2) is 42.5 Å². The first-order valence-corrected chi connectivity index (χ1v) is 8.80. The van der Waals surface area contributed by atoms with Gasteiger partial charge in [0.1, 0.15) is 0 Å². The monoisotopic (exact) mass is 369 g/mol. The van der Waals surface area contributed by atoms with Crippen molar-refractivity contribution in [2.24, 2.45) is 0 Å². The van der Waals surface area contributed by atoms with Crippen molar-refractivity contribution in [3.63, 3.8) is 0 Å². The van der Waals surface area contributed by atoms with Gasteiger partial charge in [0.2, 0.25) is 0 Å². The van der Waals surface area contributed by atoms with Crippen molar-refractivity contribution in [2.75, 3.05) is 25.7 Å². The lowest BCUT2D eigenvalue weighted by Gasteiger charge is -2.22. The molecule has 0 radical (unpaired) electrons. The second-order valence-corrected chi connectivity index (χ2v) is 6.47. The molecule has 142 valence electrons. The summed E-state index contributed by atoms with van der Waals surface area (Å²) in [6.07, 6.45) is 0.862. The van der Waals surface area contributed by atoms with Crippen LogP contribution in [-0.4, -0.2) is 38.7 Å². The van der Waals surface area contributed by atoms with Crippen molar-refractivity contribution in [1.82, 2.24) is 0 Å². The van der Waals surface area contributed by atoms with Crippen LogP contribution in [0.25, 0.3) is 0 Å². The summed E-state index contributed by atoms with van der Waals surface area (Å²) in [5.74, 6) is 0.455. The minimum atomic E-state index is -0.462. The number of hydrogen-bond donors (Lipinski definition) is 0. The van der Waals surface area contributed by atoms with Crippen LogP contribution in [0.1, 0.15) is 18.1 Å². The van der Waals surface area contributed by atoms with Crippen molar-refractivity contribution >= 4 is 17.6 Å². The first-order valence-electron chi connectivity index (χ1n) is 8.80. The van der Waals surface area contributed by atoms with Gasteiger partial charge in [-0.05, 0) is 42.7 Å². The average Bonchev–Trinajstić information content (AvgIpc) is 3.01. The molecule has 2 aromatic rings. The third-order valence-electron chi connectivity index (χ3n) is 4.63. The van der Waals surface area contributed by atoms with Crippen LogP contribution < -0.4 is 14.4 Å². The number of fused-ring (bicyclic) bond motifs is 1. The minimum Gasteiger partial charge on any atom is -0.493 e. The van der Waals surface area contributed by atoms with E-state index in [1.165, 1.54) is 7.11 Å². The predicted octanol–water partition coefficient (Wildman–Crippen LogP) is 2.77. The molecular weight excluding hydrogens is 346 g/mol. The number of carbonyl (C=O) groups excluding carboxylic acids is 2. The maximum absolute atomic E-state index is 12.6. The van der Waals surface area contributed by atoms with E-state index in [-0.39, 0.29) is 25.0 Å². The van der Waals surface area contributed by atoms with E-state index >= 15 is 0 Å². The Morgan fingerprint density at radius 1 is 1.07 bits per heavy atom. The normalized spacial score (nSPS) is 15.2. The number of ether oxygens (including phenoxy) is 3. The van der Waals surface area contributed by atoms with Crippen molar-refractivity contribution in [2.45, 2.75) is 25.8 Å². The molecule has 1 heterocycles. The van der Waals surface area contributed by atoms with Gasteiger partial charge in [0.25, 0.3) is 5.91 Å².